The molecule has 0 aromatic heterocycles. The van der Waals surface area contributed by atoms with Crippen LogP contribution in [0.15, 0.2) is 30.3 Å². The highest BCUT2D eigenvalue weighted by molar-refractivity contribution is 14.1. The van der Waals surface area contributed by atoms with Gasteiger partial charge in [-0.15, -0.1) is 0 Å². The van der Waals surface area contributed by atoms with E-state index < -0.39 is 0 Å². The van der Waals surface area contributed by atoms with Crippen molar-refractivity contribution in [3.8, 4) is 0 Å². The van der Waals surface area contributed by atoms with E-state index in [0.717, 1.165) is 14.8 Å². The van der Waals surface area contributed by atoms with Crippen LogP contribution in [-0.4, -0.2) is 0 Å². The fraction of sp³-hybridized carbons (Fsp3) is 0.143. The fourth-order valence-corrected chi connectivity index (χ4v) is 3.13. The zero-order valence-corrected chi connectivity index (χ0v) is 14.8. The number of nitrogens with one attached hydrogen (secondary N) is 1. The molecule has 0 spiro atoms. The second-order valence-electron chi connectivity index (χ2n) is 4.25. The standard InChI is InChI=1S/C14H10Cl3FIN/c1-7(9-3-4-10(15)14(17)13(9)16)20-12-5-2-8(18)6-11(12)19/h2-7,20H,1H3. The lowest BCUT2D eigenvalue weighted by Crippen LogP contribution is -2.08. The Balaban J connectivity index is 2.28. The van der Waals surface area contributed by atoms with Gasteiger partial charge in [0.15, 0.2) is 0 Å². The van der Waals surface area contributed by atoms with Crippen molar-refractivity contribution < 1.29 is 4.39 Å². The van der Waals surface area contributed by atoms with Gasteiger partial charge in [0.25, 0.3) is 0 Å². The van der Waals surface area contributed by atoms with Crippen molar-refractivity contribution in [2.24, 2.45) is 0 Å². The number of hydrogen-bond acceptors (Lipinski definition) is 1. The minimum Gasteiger partial charge on any atom is -0.378 e. The smallest absolute Gasteiger partial charge is 0.124 e. The first-order valence-electron chi connectivity index (χ1n) is 5.75. The molecule has 0 amide bonds. The van der Waals surface area contributed by atoms with Crippen molar-refractivity contribution in [1.29, 1.82) is 0 Å². The molecule has 0 radical (unpaired) electrons. The normalized spacial score (nSPS) is 12.3. The molecule has 0 heterocycles. The van der Waals surface area contributed by atoms with E-state index in [1.54, 1.807) is 12.1 Å². The van der Waals surface area contributed by atoms with Crippen molar-refractivity contribution >= 4 is 63.1 Å². The average Bonchev–Trinajstić information content (AvgIpc) is 2.39. The predicted octanol–water partition coefficient (Wildman–Crippen LogP) is 6.56. The minimum absolute atomic E-state index is 0.0868. The largest absolute Gasteiger partial charge is 0.378 e. The molecule has 0 fully saturated rings. The molecule has 0 saturated carbocycles. The van der Waals surface area contributed by atoms with E-state index in [-0.39, 0.29) is 11.9 Å². The third kappa shape index (κ3) is 3.50. The van der Waals surface area contributed by atoms with E-state index in [9.17, 15) is 4.39 Å². The third-order valence-corrected chi connectivity index (χ3v) is 5.04. The topological polar surface area (TPSA) is 12.0 Å². The van der Waals surface area contributed by atoms with Crippen LogP contribution < -0.4 is 5.32 Å². The Labute approximate surface area is 145 Å². The van der Waals surface area contributed by atoms with Gasteiger partial charge in [0.1, 0.15) is 5.82 Å². The fourth-order valence-electron chi connectivity index (χ4n) is 1.79. The molecule has 106 valence electrons. The molecule has 0 bridgehead atoms. The van der Waals surface area contributed by atoms with Crippen molar-refractivity contribution in [2.75, 3.05) is 5.32 Å². The Bertz CT molecular complexity index is 649. The first kappa shape index (κ1) is 16.1. The monoisotopic (exact) mass is 443 g/mol. The summed E-state index contributed by atoms with van der Waals surface area (Å²) in [7, 11) is 0. The Morgan fingerprint density at radius 1 is 1.10 bits per heavy atom. The number of hydrogen-bond donors (Lipinski definition) is 1. The Morgan fingerprint density at radius 3 is 2.45 bits per heavy atom. The van der Waals surface area contributed by atoms with Crippen molar-refractivity contribution in [3.63, 3.8) is 0 Å². The number of rotatable bonds is 3. The minimum atomic E-state index is -0.264. The summed E-state index contributed by atoms with van der Waals surface area (Å²) in [6, 6.07) is 8.01. The lowest BCUT2D eigenvalue weighted by atomic mass is 10.1. The highest BCUT2D eigenvalue weighted by atomic mass is 127. The SMILES string of the molecule is CC(Nc1ccc(F)cc1I)c1ccc(Cl)c(Cl)c1Cl. The van der Waals surface area contributed by atoms with Gasteiger partial charge >= 0.3 is 0 Å². The van der Waals surface area contributed by atoms with Crippen LogP contribution in [0.1, 0.15) is 18.5 Å². The molecule has 1 unspecified atom stereocenters. The van der Waals surface area contributed by atoms with Crippen LogP contribution in [0.2, 0.25) is 15.1 Å². The van der Waals surface area contributed by atoms with E-state index >= 15 is 0 Å². The van der Waals surface area contributed by atoms with Crippen molar-refractivity contribution in [2.45, 2.75) is 13.0 Å². The van der Waals surface area contributed by atoms with Gasteiger partial charge in [-0.1, -0.05) is 40.9 Å². The molecule has 6 heteroatoms. The molecular formula is C14H10Cl3FIN. The maximum Gasteiger partial charge on any atom is 0.124 e. The van der Waals surface area contributed by atoms with Gasteiger partial charge < -0.3 is 5.32 Å². The maximum atomic E-state index is 13.1. The van der Waals surface area contributed by atoms with Crippen LogP contribution in [0, 0.1) is 9.39 Å². The van der Waals surface area contributed by atoms with Crippen LogP contribution in [0.25, 0.3) is 0 Å². The van der Waals surface area contributed by atoms with Crippen LogP contribution >= 0.6 is 57.4 Å². The average molecular weight is 445 g/mol. The molecule has 1 atom stereocenters. The number of benzene rings is 2. The van der Waals surface area contributed by atoms with Crippen molar-refractivity contribution in [1.82, 2.24) is 0 Å². The highest BCUT2D eigenvalue weighted by Gasteiger charge is 2.15. The summed E-state index contributed by atoms with van der Waals surface area (Å²) in [5.41, 5.74) is 1.67. The van der Waals surface area contributed by atoms with Gasteiger partial charge in [0.05, 0.1) is 21.1 Å². The quantitative estimate of drug-likeness (QED) is 0.417. The van der Waals surface area contributed by atoms with Crippen LogP contribution in [0.4, 0.5) is 10.1 Å². The van der Waals surface area contributed by atoms with E-state index in [1.807, 2.05) is 13.0 Å². The molecule has 1 N–H and O–H groups in total. The van der Waals surface area contributed by atoms with Gasteiger partial charge in [0.2, 0.25) is 0 Å². The molecule has 0 aliphatic rings. The van der Waals surface area contributed by atoms with E-state index in [4.69, 9.17) is 34.8 Å². The molecular weight excluding hydrogens is 434 g/mol. The van der Waals surface area contributed by atoms with Crippen molar-refractivity contribution in [3.05, 3.63) is 60.4 Å². The third-order valence-electron chi connectivity index (χ3n) is 2.83. The summed E-state index contributed by atoms with van der Waals surface area (Å²) in [5.74, 6) is -0.264. The Morgan fingerprint density at radius 2 is 1.80 bits per heavy atom. The van der Waals surface area contributed by atoms with E-state index in [1.165, 1.54) is 12.1 Å². The van der Waals surface area contributed by atoms with Gasteiger partial charge in [-0.2, -0.15) is 0 Å². The Kier molecular flexibility index (Phi) is 5.40. The second kappa shape index (κ2) is 6.69. The summed E-state index contributed by atoms with van der Waals surface area (Å²) in [4.78, 5) is 0. The first-order chi connectivity index (χ1) is 9.40. The molecule has 20 heavy (non-hydrogen) atoms. The molecule has 2 aromatic carbocycles. The summed E-state index contributed by atoms with van der Waals surface area (Å²) in [5, 5.41) is 4.47. The van der Waals surface area contributed by atoms with E-state index in [0.29, 0.717) is 15.1 Å². The van der Waals surface area contributed by atoms with Gasteiger partial charge in [-0.25, -0.2) is 4.39 Å². The predicted molar refractivity (Wildman–Crippen MR) is 92.6 cm³/mol. The number of anilines is 1. The van der Waals surface area contributed by atoms with Crippen LogP contribution in [0.3, 0.4) is 0 Å². The molecule has 0 aliphatic carbocycles. The maximum absolute atomic E-state index is 13.1. The van der Waals surface area contributed by atoms with Crippen LogP contribution in [0.5, 0.6) is 0 Å². The lowest BCUT2D eigenvalue weighted by Gasteiger charge is -2.19. The molecule has 2 rings (SSSR count). The second-order valence-corrected chi connectivity index (χ2v) is 6.58. The van der Waals surface area contributed by atoms with E-state index in [2.05, 4.69) is 27.9 Å². The van der Waals surface area contributed by atoms with Gasteiger partial charge in [-0.3, -0.25) is 0 Å². The number of halogens is 5. The molecule has 2 aromatic rings. The zero-order valence-electron chi connectivity index (χ0n) is 10.4. The zero-order chi connectivity index (χ0) is 14.9. The molecule has 0 aliphatic heterocycles. The summed E-state index contributed by atoms with van der Waals surface area (Å²) in [6.45, 7) is 1.95. The summed E-state index contributed by atoms with van der Waals surface area (Å²) in [6.07, 6.45) is 0. The van der Waals surface area contributed by atoms with Gasteiger partial charge in [0, 0.05) is 9.26 Å². The van der Waals surface area contributed by atoms with Gasteiger partial charge in [-0.05, 0) is 59.3 Å². The summed E-state index contributed by atoms with van der Waals surface area (Å²) >= 11 is 20.2. The van der Waals surface area contributed by atoms with Crippen LogP contribution in [-0.2, 0) is 0 Å². The lowest BCUT2D eigenvalue weighted by molar-refractivity contribution is 0.627. The highest BCUT2D eigenvalue weighted by Crippen LogP contribution is 2.36. The Hall–Kier alpha value is -0.230. The summed E-state index contributed by atoms with van der Waals surface area (Å²) < 4.78 is 13.9. The first-order valence-corrected chi connectivity index (χ1v) is 7.96. The molecule has 0 saturated heterocycles. The molecule has 1 nitrogen and oxygen atoms in total.